The second-order valence-corrected chi connectivity index (χ2v) is 9.52. The van der Waals surface area contributed by atoms with Gasteiger partial charge in [-0.3, -0.25) is 9.59 Å². The van der Waals surface area contributed by atoms with Gasteiger partial charge in [0, 0.05) is 22.9 Å². The highest BCUT2D eigenvalue weighted by molar-refractivity contribution is 7.87. The van der Waals surface area contributed by atoms with Crippen molar-refractivity contribution in [3.63, 3.8) is 0 Å². The lowest BCUT2D eigenvalue weighted by Gasteiger charge is -2.11. The third-order valence-corrected chi connectivity index (χ3v) is 6.24. The number of aryl methyl sites for hydroxylation is 2. The molecule has 0 radical (unpaired) electrons. The van der Waals surface area contributed by atoms with Crippen molar-refractivity contribution in [2.45, 2.75) is 32.6 Å². The van der Waals surface area contributed by atoms with Crippen molar-refractivity contribution in [2.24, 2.45) is 5.92 Å². The Labute approximate surface area is 193 Å². The van der Waals surface area contributed by atoms with Crippen LogP contribution in [0.2, 0.25) is 0 Å². The van der Waals surface area contributed by atoms with Gasteiger partial charge in [-0.05, 0) is 73.5 Å². The van der Waals surface area contributed by atoms with E-state index in [9.17, 15) is 18.0 Å². The Morgan fingerprint density at radius 3 is 2.12 bits per heavy atom. The minimum atomic E-state index is -4.00. The molecular formula is C25H26N2O5S. The van der Waals surface area contributed by atoms with Gasteiger partial charge in [0.05, 0.1) is 0 Å². The van der Waals surface area contributed by atoms with E-state index in [1.165, 1.54) is 24.3 Å². The summed E-state index contributed by atoms with van der Waals surface area (Å²) < 4.78 is 30.6. The van der Waals surface area contributed by atoms with Gasteiger partial charge in [-0.15, -0.1) is 0 Å². The van der Waals surface area contributed by atoms with Crippen LogP contribution in [0.4, 0.5) is 11.4 Å². The average Bonchev–Trinajstić information content (AvgIpc) is 2.75. The lowest BCUT2D eigenvalue weighted by molar-refractivity contribution is -0.118. The summed E-state index contributed by atoms with van der Waals surface area (Å²) in [5.74, 6) is -0.565. The van der Waals surface area contributed by atoms with Gasteiger partial charge in [-0.1, -0.05) is 32.0 Å². The molecule has 3 aromatic rings. The third kappa shape index (κ3) is 6.20. The number of carbonyl (C=O) groups is 2. The molecule has 0 aromatic heterocycles. The van der Waals surface area contributed by atoms with Crippen LogP contribution in [-0.4, -0.2) is 20.2 Å². The summed E-state index contributed by atoms with van der Waals surface area (Å²) >= 11 is 0. The second-order valence-electron chi connectivity index (χ2n) is 8.01. The lowest BCUT2D eigenvalue weighted by Crippen LogP contribution is -2.18. The predicted octanol–water partition coefficient (Wildman–Crippen LogP) is 4.92. The Morgan fingerprint density at radius 1 is 0.848 bits per heavy atom. The van der Waals surface area contributed by atoms with E-state index < -0.39 is 10.1 Å². The molecule has 0 bridgehead atoms. The molecule has 0 fully saturated rings. The molecule has 0 aliphatic carbocycles. The van der Waals surface area contributed by atoms with E-state index in [4.69, 9.17) is 4.18 Å². The predicted molar refractivity (Wildman–Crippen MR) is 128 cm³/mol. The molecule has 2 N–H and O–H groups in total. The number of amides is 2. The zero-order valence-corrected chi connectivity index (χ0v) is 19.7. The van der Waals surface area contributed by atoms with E-state index >= 15 is 0 Å². The minimum Gasteiger partial charge on any atom is -0.379 e. The maximum atomic E-state index is 12.7. The van der Waals surface area contributed by atoms with Gasteiger partial charge in [0.25, 0.3) is 5.91 Å². The molecule has 0 atom stereocenters. The van der Waals surface area contributed by atoms with E-state index in [-0.39, 0.29) is 28.4 Å². The molecule has 0 saturated carbocycles. The Hall–Kier alpha value is -3.65. The van der Waals surface area contributed by atoms with Crippen molar-refractivity contribution < 1.29 is 22.2 Å². The minimum absolute atomic E-state index is 0.103. The quantitative estimate of drug-likeness (QED) is 0.482. The summed E-state index contributed by atoms with van der Waals surface area (Å²) in [5.41, 5.74) is 2.81. The molecule has 0 unspecified atom stereocenters. The first-order chi connectivity index (χ1) is 15.5. The summed E-state index contributed by atoms with van der Waals surface area (Å²) in [7, 11) is -4.00. The Bertz CT molecular complexity index is 1280. The van der Waals surface area contributed by atoms with Crippen molar-refractivity contribution in [3.05, 3.63) is 83.4 Å². The highest BCUT2D eigenvalue weighted by atomic mass is 32.2. The van der Waals surface area contributed by atoms with E-state index in [0.29, 0.717) is 22.5 Å². The van der Waals surface area contributed by atoms with Crippen LogP contribution in [-0.2, 0) is 14.9 Å². The number of nitrogens with one attached hydrogen (secondary N) is 2. The molecule has 7 nitrogen and oxygen atoms in total. The van der Waals surface area contributed by atoms with E-state index in [1.54, 1.807) is 64.1 Å². The molecule has 8 heteroatoms. The summed E-state index contributed by atoms with van der Waals surface area (Å²) in [4.78, 5) is 24.6. The third-order valence-electron chi connectivity index (χ3n) is 4.85. The summed E-state index contributed by atoms with van der Waals surface area (Å²) in [6.45, 7) is 7.09. The average molecular weight is 467 g/mol. The SMILES string of the molecule is Cc1ccc(C)c(S(=O)(=O)Oc2ccc(C(=O)Nc3cccc(NC(=O)C(C)C)c3)cc2)c1. The largest absolute Gasteiger partial charge is 0.379 e. The molecule has 3 aromatic carbocycles. The number of anilines is 2. The fourth-order valence-electron chi connectivity index (χ4n) is 2.97. The molecular weight excluding hydrogens is 440 g/mol. The zero-order chi connectivity index (χ0) is 24.2. The molecule has 2 amide bonds. The Morgan fingerprint density at radius 2 is 1.48 bits per heavy atom. The molecule has 0 aliphatic heterocycles. The number of carbonyl (C=O) groups excluding carboxylic acids is 2. The molecule has 0 spiro atoms. The van der Waals surface area contributed by atoms with Crippen LogP contribution in [0.3, 0.4) is 0 Å². The van der Waals surface area contributed by atoms with Crippen LogP contribution in [0.1, 0.15) is 35.3 Å². The first kappa shape index (κ1) is 24.0. The topological polar surface area (TPSA) is 102 Å². The molecule has 3 rings (SSSR count). The van der Waals surface area contributed by atoms with Gasteiger partial charge in [0.2, 0.25) is 5.91 Å². The fourth-order valence-corrected chi connectivity index (χ4v) is 4.22. The van der Waals surface area contributed by atoms with Crippen molar-refractivity contribution in [2.75, 3.05) is 10.6 Å². The van der Waals surface area contributed by atoms with Crippen molar-refractivity contribution in [1.29, 1.82) is 0 Å². The van der Waals surface area contributed by atoms with E-state index in [0.717, 1.165) is 5.56 Å². The number of hydrogen-bond acceptors (Lipinski definition) is 5. The van der Waals surface area contributed by atoms with Crippen LogP contribution in [0.5, 0.6) is 5.75 Å². The first-order valence-corrected chi connectivity index (χ1v) is 11.8. The molecule has 33 heavy (non-hydrogen) atoms. The summed E-state index contributed by atoms with van der Waals surface area (Å²) in [5, 5.41) is 5.54. The highest BCUT2D eigenvalue weighted by Crippen LogP contribution is 2.23. The van der Waals surface area contributed by atoms with Gasteiger partial charge < -0.3 is 14.8 Å². The molecule has 0 heterocycles. The number of benzene rings is 3. The second kappa shape index (κ2) is 9.87. The Kier molecular flexibility index (Phi) is 7.18. The molecule has 0 saturated heterocycles. The van der Waals surface area contributed by atoms with Gasteiger partial charge in [0.15, 0.2) is 0 Å². The van der Waals surface area contributed by atoms with E-state index in [1.807, 2.05) is 6.07 Å². The van der Waals surface area contributed by atoms with Gasteiger partial charge >= 0.3 is 10.1 Å². The molecule has 172 valence electrons. The maximum absolute atomic E-state index is 12.7. The van der Waals surface area contributed by atoms with Gasteiger partial charge in [-0.2, -0.15) is 8.42 Å². The van der Waals surface area contributed by atoms with Gasteiger partial charge in [0.1, 0.15) is 10.6 Å². The molecule has 0 aliphatic rings. The first-order valence-electron chi connectivity index (χ1n) is 10.4. The monoisotopic (exact) mass is 466 g/mol. The van der Waals surface area contributed by atoms with Crippen LogP contribution in [0.25, 0.3) is 0 Å². The van der Waals surface area contributed by atoms with Crippen LogP contribution >= 0.6 is 0 Å². The van der Waals surface area contributed by atoms with Crippen molar-refractivity contribution in [1.82, 2.24) is 0 Å². The number of rotatable bonds is 7. The smallest absolute Gasteiger partial charge is 0.339 e. The fraction of sp³-hybridized carbons (Fsp3) is 0.200. The highest BCUT2D eigenvalue weighted by Gasteiger charge is 2.20. The maximum Gasteiger partial charge on any atom is 0.339 e. The standard InChI is InChI=1S/C25H26N2O5S/c1-16(2)24(28)26-20-6-5-7-21(15-20)27-25(29)19-10-12-22(13-11-19)32-33(30,31)23-14-17(3)8-9-18(23)4/h5-16H,1-4H3,(H,26,28)(H,27,29). The lowest BCUT2D eigenvalue weighted by atomic mass is 10.2. The zero-order valence-electron chi connectivity index (χ0n) is 18.9. The summed E-state index contributed by atoms with van der Waals surface area (Å²) in [6.07, 6.45) is 0. The number of hydrogen-bond donors (Lipinski definition) is 2. The van der Waals surface area contributed by atoms with Crippen molar-refractivity contribution >= 4 is 33.3 Å². The van der Waals surface area contributed by atoms with Crippen molar-refractivity contribution in [3.8, 4) is 5.75 Å². The van der Waals surface area contributed by atoms with Gasteiger partial charge in [-0.25, -0.2) is 0 Å². The Balaban J connectivity index is 1.69. The summed E-state index contributed by atoms with van der Waals surface area (Å²) in [6, 6.07) is 17.7. The normalized spacial score (nSPS) is 11.2. The van der Waals surface area contributed by atoms with Crippen LogP contribution in [0.15, 0.2) is 71.6 Å². The van der Waals surface area contributed by atoms with Crippen LogP contribution < -0.4 is 14.8 Å². The van der Waals surface area contributed by atoms with E-state index in [2.05, 4.69) is 10.6 Å². The van der Waals surface area contributed by atoms with Crippen LogP contribution in [0, 0.1) is 19.8 Å².